The van der Waals surface area contributed by atoms with Crippen LogP contribution in [0.2, 0.25) is 0 Å². The summed E-state index contributed by atoms with van der Waals surface area (Å²) in [6, 6.07) is 0. The van der Waals surface area contributed by atoms with Gasteiger partial charge < -0.3 is 15.4 Å². The number of hydrogen-bond acceptors (Lipinski definition) is 7. The fraction of sp³-hybridized carbons (Fsp3) is 0.714. The molecule has 1 aliphatic rings. The SMILES string of the molecule is CCOCCNc1nc(SCC)nc2c1cnn2CCNC(=O)CC1CCCCC1. The topological polar surface area (TPSA) is 94.0 Å². The molecule has 2 aromatic heterocycles. The van der Waals surface area contributed by atoms with Gasteiger partial charge in [0.1, 0.15) is 5.82 Å². The van der Waals surface area contributed by atoms with Crippen LogP contribution < -0.4 is 10.6 Å². The van der Waals surface area contributed by atoms with E-state index in [1.54, 1.807) is 18.0 Å². The smallest absolute Gasteiger partial charge is 0.220 e. The minimum Gasteiger partial charge on any atom is -0.380 e. The van der Waals surface area contributed by atoms with E-state index < -0.39 is 0 Å². The number of anilines is 1. The van der Waals surface area contributed by atoms with Gasteiger partial charge >= 0.3 is 0 Å². The van der Waals surface area contributed by atoms with E-state index in [0.29, 0.717) is 45.2 Å². The molecule has 1 fully saturated rings. The number of nitrogens with one attached hydrogen (secondary N) is 2. The van der Waals surface area contributed by atoms with Crippen molar-refractivity contribution in [2.75, 3.05) is 37.4 Å². The fourth-order valence-electron chi connectivity index (χ4n) is 3.84. The van der Waals surface area contributed by atoms with Crippen molar-refractivity contribution < 1.29 is 9.53 Å². The van der Waals surface area contributed by atoms with E-state index >= 15 is 0 Å². The van der Waals surface area contributed by atoms with Gasteiger partial charge in [-0.3, -0.25) is 4.79 Å². The van der Waals surface area contributed by atoms with E-state index in [-0.39, 0.29) is 5.91 Å². The lowest BCUT2D eigenvalue weighted by Crippen LogP contribution is -2.29. The molecule has 0 atom stereocenters. The molecule has 2 heterocycles. The lowest BCUT2D eigenvalue weighted by Gasteiger charge is -2.20. The highest BCUT2D eigenvalue weighted by molar-refractivity contribution is 7.99. The molecule has 2 N–H and O–H groups in total. The second-order valence-electron chi connectivity index (χ2n) is 7.57. The minimum atomic E-state index is 0.147. The first-order chi connectivity index (χ1) is 14.7. The Morgan fingerprint density at radius 2 is 2.07 bits per heavy atom. The molecule has 1 amide bonds. The van der Waals surface area contributed by atoms with Crippen molar-refractivity contribution in [1.82, 2.24) is 25.1 Å². The molecule has 0 saturated heterocycles. The van der Waals surface area contributed by atoms with Crippen molar-refractivity contribution in [3.05, 3.63) is 6.20 Å². The number of thioether (sulfide) groups is 1. The largest absolute Gasteiger partial charge is 0.380 e. The number of amides is 1. The van der Waals surface area contributed by atoms with Gasteiger partial charge in [-0.25, -0.2) is 14.6 Å². The van der Waals surface area contributed by atoms with E-state index in [0.717, 1.165) is 27.8 Å². The number of ether oxygens (including phenoxy) is 1. The van der Waals surface area contributed by atoms with E-state index in [1.807, 2.05) is 11.6 Å². The number of fused-ring (bicyclic) bond motifs is 1. The first-order valence-corrected chi connectivity index (χ1v) is 12.1. The van der Waals surface area contributed by atoms with Crippen molar-refractivity contribution in [2.45, 2.75) is 64.1 Å². The molecule has 0 radical (unpaired) electrons. The summed E-state index contributed by atoms with van der Waals surface area (Å²) < 4.78 is 7.26. The number of carbonyl (C=O) groups excluding carboxylic acids is 1. The van der Waals surface area contributed by atoms with Gasteiger partial charge in [0.15, 0.2) is 10.8 Å². The molecular weight excluding hydrogens is 400 g/mol. The predicted octanol–water partition coefficient (Wildman–Crippen LogP) is 3.47. The Kier molecular flexibility index (Phi) is 9.20. The third kappa shape index (κ3) is 6.57. The maximum Gasteiger partial charge on any atom is 0.220 e. The highest BCUT2D eigenvalue weighted by Crippen LogP contribution is 2.26. The average Bonchev–Trinajstić information content (AvgIpc) is 3.15. The summed E-state index contributed by atoms with van der Waals surface area (Å²) in [6.07, 6.45) is 8.64. The fourth-order valence-corrected chi connectivity index (χ4v) is 4.41. The maximum absolute atomic E-state index is 12.3. The molecule has 0 bridgehead atoms. The molecule has 0 aliphatic heterocycles. The van der Waals surface area contributed by atoms with Crippen LogP contribution in [-0.4, -0.2) is 57.7 Å². The van der Waals surface area contributed by atoms with Crippen molar-refractivity contribution in [3.63, 3.8) is 0 Å². The number of carbonyl (C=O) groups is 1. The second kappa shape index (κ2) is 12.1. The van der Waals surface area contributed by atoms with Crippen molar-refractivity contribution in [1.29, 1.82) is 0 Å². The molecular formula is C21H34N6O2S. The highest BCUT2D eigenvalue weighted by Gasteiger charge is 2.17. The van der Waals surface area contributed by atoms with Crippen LogP contribution in [0.4, 0.5) is 5.82 Å². The Morgan fingerprint density at radius 1 is 1.23 bits per heavy atom. The third-order valence-electron chi connectivity index (χ3n) is 5.34. The van der Waals surface area contributed by atoms with E-state index in [4.69, 9.17) is 4.74 Å². The molecule has 2 aromatic rings. The third-order valence-corrected chi connectivity index (χ3v) is 6.07. The van der Waals surface area contributed by atoms with Crippen LogP contribution in [0.25, 0.3) is 11.0 Å². The molecule has 0 aromatic carbocycles. The number of aromatic nitrogens is 4. The van der Waals surface area contributed by atoms with Gasteiger partial charge in [0.2, 0.25) is 5.91 Å². The molecule has 9 heteroatoms. The van der Waals surface area contributed by atoms with Gasteiger partial charge in [-0.2, -0.15) is 5.10 Å². The monoisotopic (exact) mass is 434 g/mol. The molecule has 166 valence electrons. The summed E-state index contributed by atoms with van der Waals surface area (Å²) in [6.45, 7) is 7.21. The van der Waals surface area contributed by atoms with Crippen molar-refractivity contribution >= 4 is 34.5 Å². The van der Waals surface area contributed by atoms with Crippen LogP contribution in [0.5, 0.6) is 0 Å². The first-order valence-electron chi connectivity index (χ1n) is 11.2. The molecule has 8 nitrogen and oxygen atoms in total. The summed E-state index contributed by atoms with van der Waals surface area (Å²) in [5.41, 5.74) is 0.793. The lowest BCUT2D eigenvalue weighted by atomic mass is 9.87. The number of rotatable bonds is 12. The van der Waals surface area contributed by atoms with Crippen LogP contribution in [0, 0.1) is 5.92 Å². The first kappa shape index (κ1) is 22.8. The van der Waals surface area contributed by atoms with Crippen LogP contribution >= 0.6 is 11.8 Å². The van der Waals surface area contributed by atoms with Gasteiger partial charge in [-0.05, 0) is 31.4 Å². The minimum absolute atomic E-state index is 0.147. The van der Waals surface area contributed by atoms with E-state index in [9.17, 15) is 4.79 Å². The predicted molar refractivity (Wildman–Crippen MR) is 121 cm³/mol. The van der Waals surface area contributed by atoms with E-state index in [2.05, 4.69) is 32.6 Å². The highest BCUT2D eigenvalue weighted by atomic mass is 32.2. The molecule has 0 spiro atoms. The second-order valence-corrected chi connectivity index (χ2v) is 8.81. The lowest BCUT2D eigenvalue weighted by molar-refractivity contribution is -0.122. The normalized spacial score (nSPS) is 14.9. The Bertz CT molecular complexity index is 806. The van der Waals surface area contributed by atoms with Crippen molar-refractivity contribution in [3.8, 4) is 0 Å². The van der Waals surface area contributed by atoms with Gasteiger partial charge in [0.25, 0.3) is 0 Å². The summed E-state index contributed by atoms with van der Waals surface area (Å²) in [4.78, 5) is 21.6. The Balaban J connectivity index is 1.60. The molecule has 0 unspecified atom stereocenters. The van der Waals surface area contributed by atoms with Crippen LogP contribution in [0.1, 0.15) is 52.4 Å². The zero-order chi connectivity index (χ0) is 21.2. The summed E-state index contributed by atoms with van der Waals surface area (Å²) >= 11 is 1.60. The van der Waals surface area contributed by atoms with Crippen LogP contribution in [0.3, 0.4) is 0 Å². The zero-order valence-electron chi connectivity index (χ0n) is 18.2. The molecule has 1 saturated carbocycles. The van der Waals surface area contributed by atoms with Gasteiger partial charge in [0.05, 0.1) is 24.7 Å². The summed E-state index contributed by atoms with van der Waals surface area (Å²) in [7, 11) is 0. The van der Waals surface area contributed by atoms with Gasteiger partial charge in [-0.15, -0.1) is 0 Å². The van der Waals surface area contributed by atoms with Gasteiger partial charge in [0, 0.05) is 26.1 Å². The Hall–Kier alpha value is -1.87. The van der Waals surface area contributed by atoms with Crippen LogP contribution in [0.15, 0.2) is 11.4 Å². The van der Waals surface area contributed by atoms with E-state index in [1.165, 1.54) is 32.1 Å². The number of nitrogens with zero attached hydrogens (tertiary/aromatic N) is 4. The zero-order valence-corrected chi connectivity index (χ0v) is 19.0. The Morgan fingerprint density at radius 3 is 2.83 bits per heavy atom. The summed E-state index contributed by atoms with van der Waals surface area (Å²) in [5.74, 6) is 2.38. The standard InChI is InChI=1S/C21H34N6O2S/c1-3-29-13-11-23-19-17-15-24-27(20(17)26-21(25-19)30-4-2)12-10-22-18(28)14-16-8-6-5-7-9-16/h15-16H,3-14H2,1-2H3,(H,22,28)(H,23,25,26). The molecule has 1 aliphatic carbocycles. The Labute approximate surface area is 182 Å². The van der Waals surface area contributed by atoms with Crippen molar-refractivity contribution in [2.24, 2.45) is 5.92 Å². The average molecular weight is 435 g/mol. The maximum atomic E-state index is 12.3. The van der Waals surface area contributed by atoms with Gasteiger partial charge in [-0.1, -0.05) is 37.9 Å². The quantitative estimate of drug-likeness (QED) is 0.300. The number of hydrogen-bond donors (Lipinski definition) is 2. The molecule has 30 heavy (non-hydrogen) atoms. The molecule has 3 rings (SSSR count). The van der Waals surface area contributed by atoms with Crippen LogP contribution in [-0.2, 0) is 16.1 Å². The summed E-state index contributed by atoms with van der Waals surface area (Å²) in [5, 5.41) is 12.5.